The summed E-state index contributed by atoms with van der Waals surface area (Å²) < 4.78 is 52.1. The van der Waals surface area contributed by atoms with Crippen LogP contribution in [-0.4, -0.2) is 50.9 Å². The van der Waals surface area contributed by atoms with Gasteiger partial charge in [0.2, 0.25) is 0 Å². The van der Waals surface area contributed by atoms with E-state index in [0.717, 1.165) is 22.9 Å². The third-order valence-electron chi connectivity index (χ3n) is 7.18. The van der Waals surface area contributed by atoms with Crippen LogP contribution >= 0.6 is 0 Å². The zero-order chi connectivity index (χ0) is 28.7. The van der Waals surface area contributed by atoms with Crippen molar-refractivity contribution in [1.29, 1.82) is 0 Å². The molecular formula is C29H25F3N6O3. The Hall–Kier alpha value is -4.71. The molecule has 12 heteroatoms. The molecule has 1 unspecified atom stereocenters. The van der Waals surface area contributed by atoms with Gasteiger partial charge < -0.3 is 19.7 Å². The van der Waals surface area contributed by atoms with Crippen LogP contribution in [-0.2, 0) is 24.1 Å². The third kappa shape index (κ3) is 5.02. The van der Waals surface area contributed by atoms with E-state index in [2.05, 4.69) is 15.3 Å². The molecule has 2 aromatic carbocycles. The molecule has 1 aliphatic rings. The van der Waals surface area contributed by atoms with Crippen LogP contribution in [0.5, 0.6) is 5.75 Å². The lowest BCUT2D eigenvalue weighted by atomic mass is 10.0. The van der Waals surface area contributed by atoms with E-state index in [-0.39, 0.29) is 24.8 Å². The first-order valence-electron chi connectivity index (χ1n) is 12.8. The Bertz CT molecular complexity index is 1750. The quantitative estimate of drug-likeness (QED) is 0.302. The minimum atomic E-state index is -4.56. The fraction of sp³-hybridized carbons (Fsp3) is 0.241. The molecule has 5 aromatic rings. The van der Waals surface area contributed by atoms with Crippen molar-refractivity contribution in [2.75, 3.05) is 26.1 Å². The number of halogens is 3. The summed E-state index contributed by atoms with van der Waals surface area (Å²) in [6.45, 7) is 0.633. The molecule has 0 fully saturated rings. The van der Waals surface area contributed by atoms with E-state index < -0.39 is 17.9 Å². The van der Waals surface area contributed by atoms with Crippen molar-refractivity contribution in [3.63, 3.8) is 0 Å². The van der Waals surface area contributed by atoms with Gasteiger partial charge in [-0.2, -0.15) is 13.2 Å². The van der Waals surface area contributed by atoms with Crippen LogP contribution < -0.4 is 10.1 Å². The zero-order valence-corrected chi connectivity index (χ0v) is 22.1. The largest absolute Gasteiger partial charge is 0.497 e. The number of anilines is 1. The lowest BCUT2D eigenvalue weighted by Gasteiger charge is -2.33. The maximum Gasteiger partial charge on any atom is 0.433 e. The second-order valence-corrected chi connectivity index (χ2v) is 9.69. The number of likely N-dealkylation sites (N-methyl/N-ethyl adjacent to an activating group) is 1. The highest BCUT2D eigenvalue weighted by molar-refractivity contribution is 5.98. The summed E-state index contributed by atoms with van der Waals surface area (Å²) in [6, 6.07) is 14.6. The number of rotatable bonds is 6. The van der Waals surface area contributed by atoms with Crippen LogP contribution in [0.25, 0.3) is 16.6 Å². The van der Waals surface area contributed by atoms with Crippen molar-refractivity contribution in [1.82, 2.24) is 24.3 Å². The molecule has 1 N–H and O–H groups in total. The molecule has 210 valence electrons. The number of hydrogen-bond donors (Lipinski definition) is 1. The number of carbonyl (C=O) groups excluding carboxylic acids is 1. The van der Waals surface area contributed by atoms with Crippen molar-refractivity contribution < 1.29 is 27.4 Å². The fourth-order valence-electron chi connectivity index (χ4n) is 4.95. The highest BCUT2D eigenvalue weighted by atomic mass is 19.4. The molecule has 0 radical (unpaired) electrons. The van der Waals surface area contributed by atoms with Gasteiger partial charge in [0.15, 0.2) is 5.82 Å². The number of amides is 1. The molecule has 1 atom stereocenters. The number of pyridine rings is 1. The molecule has 0 bridgehead atoms. The number of imidazole rings is 1. The van der Waals surface area contributed by atoms with Crippen molar-refractivity contribution >= 4 is 28.3 Å². The summed E-state index contributed by atoms with van der Waals surface area (Å²) in [4.78, 5) is 27.9. The summed E-state index contributed by atoms with van der Waals surface area (Å²) in [5, 5.41) is 3.36. The molecule has 4 heterocycles. The van der Waals surface area contributed by atoms with E-state index in [0.29, 0.717) is 34.5 Å². The van der Waals surface area contributed by atoms with E-state index in [4.69, 9.17) is 14.5 Å². The molecular weight excluding hydrogens is 537 g/mol. The SMILES string of the molecule is COc1ccc(CNc2nc3ccc(C(=O)N(C)C4COCc5nc(C(F)(F)F)ccc54)cc3n3cncc23)cc1. The highest BCUT2D eigenvalue weighted by Gasteiger charge is 2.35. The van der Waals surface area contributed by atoms with Gasteiger partial charge in [0.05, 0.1) is 55.6 Å². The van der Waals surface area contributed by atoms with Gasteiger partial charge in [0, 0.05) is 24.7 Å². The van der Waals surface area contributed by atoms with Gasteiger partial charge in [-0.15, -0.1) is 0 Å². The highest BCUT2D eigenvalue weighted by Crippen LogP contribution is 2.34. The van der Waals surface area contributed by atoms with E-state index in [1.807, 2.05) is 28.7 Å². The molecule has 3 aromatic heterocycles. The second kappa shape index (κ2) is 10.4. The lowest BCUT2D eigenvalue weighted by molar-refractivity contribution is -0.141. The molecule has 41 heavy (non-hydrogen) atoms. The third-order valence-corrected chi connectivity index (χ3v) is 7.18. The smallest absolute Gasteiger partial charge is 0.433 e. The fourth-order valence-corrected chi connectivity index (χ4v) is 4.95. The first-order chi connectivity index (χ1) is 19.7. The number of methoxy groups -OCH3 is 1. The second-order valence-electron chi connectivity index (χ2n) is 9.69. The number of carbonyl (C=O) groups is 1. The number of aromatic nitrogens is 4. The maximum absolute atomic E-state index is 13.6. The molecule has 0 aliphatic carbocycles. The van der Waals surface area contributed by atoms with Gasteiger partial charge in [-0.25, -0.2) is 15.0 Å². The number of ether oxygens (including phenoxy) is 2. The maximum atomic E-state index is 13.6. The molecule has 0 saturated heterocycles. The van der Waals surface area contributed by atoms with Crippen LogP contribution in [0, 0.1) is 0 Å². The predicted molar refractivity (Wildman–Crippen MR) is 145 cm³/mol. The first kappa shape index (κ1) is 26.5. The Morgan fingerprint density at radius 3 is 2.68 bits per heavy atom. The molecule has 0 spiro atoms. The van der Waals surface area contributed by atoms with Crippen molar-refractivity contribution in [2.24, 2.45) is 0 Å². The minimum absolute atomic E-state index is 0.0487. The van der Waals surface area contributed by atoms with Crippen molar-refractivity contribution in [3.8, 4) is 5.75 Å². The average molecular weight is 563 g/mol. The summed E-state index contributed by atoms with van der Waals surface area (Å²) >= 11 is 0. The van der Waals surface area contributed by atoms with E-state index in [1.54, 1.807) is 44.9 Å². The molecule has 0 saturated carbocycles. The zero-order valence-electron chi connectivity index (χ0n) is 22.1. The molecule has 1 amide bonds. The number of hydrogen-bond acceptors (Lipinski definition) is 7. The Kier molecular flexibility index (Phi) is 6.70. The Balaban J connectivity index is 1.27. The Morgan fingerprint density at radius 1 is 1.12 bits per heavy atom. The summed E-state index contributed by atoms with van der Waals surface area (Å²) in [7, 11) is 3.22. The number of benzene rings is 2. The van der Waals surface area contributed by atoms with Crippen LogP contribution in [0.2, 0.25) is 0 Å². The Labute approximate surface area is 232 Å². The Morgan fingerprint density at radius 2 is 1.93 bits per heavy atom. The van der Waals surface area contributed by atoms with E-state index in [1.165, 1.54) is 11.0 Å². The van der Waals surface area contributed by atoms with Gasteiger partial charge in [0.25, 0.3) is 5.91 Å². The lowest BCUT2D eigenvalue weighted by Crippen LogP contribution is -2.36. The van der Waals surface area contributed by atoms with Crippen LogP contribution in [0.4, 0.5) is 19.0 Å². The van der Waals surface area contributed by atoms with Gasteiger partial charge in [-0.3, -0.25) is 9.20 Å². The monoisotopic (exact) mass is 562 g/mol. The van der Waals surface area contributed by atoms with E-state index >= 15 is 0 Å². The van der Waals surface area contributed by atoms with E-state index in [9.17, 15) is 18.0 Å². The normalized spacial score (nSPS) is 15.1. The van der Waals surface area contributed by atoms with Crippen molar-refractivity contribution in [2.45, 2.75) is 25.4 Å². The number of alkyl halides is 3. The van der Waals surface area contributed by atoms with Gasteiger partial charge in [-0.1, -0.05) is 18.2 Å². The van der Waals surface area contributed by atoms with Crippen LogP contribution in [0.15, 0.2) is 67.1 Å². The molecule has 1 aliphatic heterocycles. The standard InChI is InChI=1S/C29H25F3N6O3/c1-37(25-15-41-14-22-20(25)8-10-26(35-22)29(30,31)32)28(39)18-5-9-21-23(11-18)38-16-33-13-24(38)27(36-21)34-12-17-3-6-19(40-2)7-4-17/h3-11,13,16,25H,12,14-15H2,1-2H3,(H,34,36). The topological polar surface area (TPSA) is 93.9 Å². The van der Waals surface area contributed by atoms with Gasteiger partial charge >= 0.3 is 6.18 Å². The van der Waals surface area contributed by atoms with Crippen LogP contribution in [0.3, 0.4) is 0 Å². The van der Waals surface area contributed by atoms with Gasteiger partial charge in [0.1, 0.15) is 17.0 Å². The summed E-state index contributed by atoms with van der Waals surface area (Å²) in [5.74, 6) is 1.10. The average Bonchev–Trinajstić information content (AvgIpc) is 3.49. The first-order valence-corrected chi connectivity index (χ1v) is 12.8. The minimum Gasteiger partial charge on any atom is -0.497 e. The predicted octanol–water partition coefficient (Wildman–Crippen LogP) is 5.26. The number of fused-ring (bicyclic) bond motifs is 4. The van der Waals surface area contributed by atoms with Crippen LogP contribution in [0.1, 0.15) is 38.9 Å². The number of nitrogens with zero attached hydrogens (tertiary/aromatic N) is 5. The number of nitrogens with one attached hydrogen (secondary N) is 1. The molecule has 6 rings (SSSR count). The van der Waals surface area contributed by atoms with Gasteiger partial charge in [-0.05, 0) is 42.0 Å². The van der Waals surface area contributed by atoms with Crippen molar-refractivity contribution in [3.05, 3.63) is 95.2 Å². The summed E-state index contributed by atoms with van der Waals surface area (Å²) in [6.07, 6.45) is -1.21. The summed E-state index contributed by atoms with van der Waals surface area (Å²) in [5.41, 5.74) is 3.24. The molecule has 9 nitrogen and oxygen atoms in total.